The molecule has 1 heterocycles. The van der Waals surface area contributed by atoms with Crippen LogP contribution in [0.5, 0.6) is 0 Å². The molecule has 17 heavy (non-hydrogen) atoms. The number of carbonyl (C=O) groups excluding carboxylic acids is 1. The zero-order valence-electron chi connectivity index (χ0n) is 10.7. The Morgan fingerprint density at radius 1 is 1.53 bits per heavy atom. The highest BCUT2D eigenvalue weighted by Gasteiger charge is 2.18. The molecule has 1 rings (SSSR count). The summed E-state index contributed by atoms with van der Waals surface area (Å²) < 4.78 is 1.75. The van der Waals surface area contributed by atoms with Gasteiger partial charge in [-0.3, -0.25) is 9.48 Å². The van der Waals surface area contributed by atoms with Crippen LogP contribution in [0.1, 0.15) is 36.5 Å². The molecule has 4 nitrogen and oxygen atoms in total. The molecule has 5 heteroatoms. The van der Waals surface area contributed by atoms with Gasteiger partial charge in [0.2, 0.25) is 0 Å². The lowest BCUT2D eigenvalue weighted by Gasteiger charge is -2.20. The zero-order chi connectivity index (χ0) is 12.8. The number of nitrogens with zero attached hydrogens (tertiary/aromatic N) is 3. The number of aryl methyl sites for hydroxylation is 2. The molecular weight excluding hydrogens is 238 g/mol. The maximum absolute atomic E-state index is 12.3. The summed E-state index contributed by atoms with van der Waals surface area (Å²) in [4.78, 5) is 14.1. The van der Waals surface area contributed by atoms with Gasteiger partial charge in [-0.1, -0.05) is 0 Å². The largest absolute Gasteiger partial charge is 0.338 e. The van der Waals surface area contributed by atoms with Crippen molar-refractivity contribution in [2.75, 3.05) is 19.0 Å². The van der Waals surface area contributed by atoms with E-state index in [0.29, 0.717) is 31.2 Å². The summed E-state index contributed by atoms with van der Waals surface area (Å²) in [6.07, 6.45) is 0.820. The van der Waals surface area contributed by atoms with Gasteiger partial charge in [0.15, 0.2) is 0 Å². The summed E-state index contributed by atoms with van der Waals surface area (Å²) in [6, 6.07) is 1.84. The number of amides is 1. The number of aromatic nitrogens is 2. The summed E-state index contributed by atoms with van der Waals surface area (Å²) in [7, 11) is 0. The fraction of sp³-hybridized carbons (Fsp3) is 0.667. The SMILES string of the molecule is CCN(CCCCl)C(=O)c1cc(C)nn1CC. The van der Waals surface area contributed by atoms with Crippen molar-refractivity contribution in [2.24, 2.45) is 0 Å². The van der Waals surface area contributed by atoms with Crippen LogP contribution in [0, 0.1) is 6.92 Å². The number of rotatable bonds is 6. The maximum Gasteiger partial charge on any atom is 0.272 e. The molecule has 0 spiro atoms. The molecule has 0 saturated carbocycles. The normalized spacial score (nSPS) is 10.6. The van der Waals surface area contributed by atoms with E-state index < -0.39 is 0 Å². The Kier molecular flexibility index (Phi) is 5.48. The second kappa shape index (κ2) is 6.64. The Morgan fingerprint density at radius 2 is 2.24 bits per heavy atom. The lowest BCUT2D eigenvalue weighted by molar-refractivity contribution is 0.0752. The minimum absolute atomic E-state index is 0.0417. The molecule has 96 valence electrons. The monoisotopic (exact) mass is 257 g/mol. The number of hydrogen-bond acceptors (Lipinski definition) is 2. The Hall–Kier alpha value is -1.03. The van der Waals surface area contributed by atoms with Gasteiger partial charge in [-0.05, 0) is 33.3 Å². The van der Waals surface area contributed by atoms with Crippen molar-refractivity contribution in [2.45, 2.75) is 33.7 Å². The highest BCUT2D eigenvalue weighted by atomic mass is 35.5. The Morgan fingerprint density at radius 3 is 2.76 bits per heavy atom. The Balaban J connectivity index is 2.85. The van der Waals surface area contributed by atoms with Gasteiger partial charge in [-0.15, -0.1) is 11.6 Å². The second-order valence-corrected chi connectivity index (χ2v) is 4.29. The van der Waals surface area contributed by atoms with Crippen molar-refractivity contribution in [1.82, 2.24) is 14.7 Å². The fourth-order valence-corrected chi connectivity index (χ4v) is 1.89. The van der Waals surface area contributed by atoms with Crippen LogP contribution in [0.3, 0.4) is 0 Å². The van der Waals surface area contributed by atoms with Crippen LogP contribution in [0.4, 0.5) is 0 Å². The summed E-state index contributed by atoms with van der Waals surface area (Å²) >= 11 is 5.66. The van der Waals surface area contributed by atoms with E-state index in [0.717, 1.165) is 12.1 Å². The smallest absolute Gasteiger partial charge is 0.272 e. The highest BCUT2D eigenvalue weighted by molar-refractivity contribution is 6.17. The van der Waals surface area contributed by atoms with Gasteiger partial charge in [-0.25, -0.2) is 0 Å². The third-order valence-corrected chi connectivity index (χ3v) is 2.92. The molecule has 0 unspecified atom stereocenters. The molecule has 0 fully saturated rings. The predicted octanol–water partition coefficient (Wildman–Crippen LogP) is 2.30. The molecule has 0 bridgehead atoms. The van der Waals surface area contributed by atoms with Crippen molar-refractivity contribution >= 4 is 17.5 Å². The van der Waals surface area contributed by atoms with Crippen LogP contribution in [-0.4, -0.2) is 39.6 Å². The van der Waals surface area contributed by atoms with Crippen LogP contribution in [-0.2, 0) is 6.54 Å². The number of carbonyl (C=O) groups is 1. The number of alkyl halides is 1. The molecule has 0 atom stereocenters. The van der Waals surface area contributed by atoms with Crippen molar-refractivity contribution < 1.29 is 4.79 Å². The molecule has 0 aliphatic heterocycles. The van der Waals surface area contributed by atoms with E-state index >= 15 is 0 Å². The molecule has 0 aliphatic rings. The third-order valence-electron chi connectivity index (χ3n) is 2.65. The van der Waals surface area contributed by atoms with Gasteiger partial charge >= 0.3 is 0 Å². The minimum atomic E-state index is 0.0417. The van der Waals surface area contributed by atoms with Crippen LogP contribution in [0.15, 0.2) is 6.07 Å². The fourth-order valence-electron chi connectivity index (χ4n) is 1.77. The maximum atomic E-state index is 12.3. The lowest BCUT2D eigenvalue weighted by Crippen LogP contribution is -2.33. The van der Waals surface area contributed by atoms with E-state index in [-0.39, 0.29) is 5.91 Å². The van der Waals surface area contributed by atoms with Crippen LogP contribution in [0.25, 0.3) is 0 Å². The van der Waals surface area contributed by atoms with Crippen molar-refractivity contribution in [3.8, 4) is 0 Å². The van der Waals surface area contributed by atoms with E-state index in [1.165, 1.54) is 0 Å². The molecule has 0 saturated heterocycles. The van der Waals surface area contributed by atoms with Crippen LogP contribution >= 0.6 is 11.6 Å². The van der Waals surface area contributed by atoms with Gasteiger partial charge in [0.25, 0.3) is 5.91 Å². The van der Waals surface area contributed by atoms with E-state index in [1.807, 2.05) is 31.7 Å². The molecular formula is C12H20ClN3O. The highest BCUT2D eigenvalue weighted by Crippen LogP contribution is 2.08. The van der Waals surface area contributed by atoms with Gasteiger partial charge < -0.3 is 4.90 Å². The first-order valence-corrected chi connectivity index (χ1v) is 6.57. The van der Waals surface area contributed by atoms with Gasteiger partial charge in [0, 0.05) is 25.5 Å². The van der Waals surface area contributed by atoms with Crippen LogP contribution < -0.4 is 0 Å². The number of halogens is 1. The average Bonchev–Trinajstić information content (AvgIpc) is 2.71. The Bertz CT molecular complexity index is 376. The molecule has 0 N–H and O–H groups in total. The molecule has 0 aliphatic carbocycles. The topological polar surface area (TPSA) is 38.1 Å². The van der Waals surface area contributed by atoms with E-state index in [9.17, 15) is 4.79 Å². The van der Waals surface area contributed by atoms with E-state index in [1.54, 1.807) is 4.68 Å². The van der Waals surface area contributed by atoms with Gasteiger partial charge in [0.05, 0.1) is 5.69 Å². The standard InChI is InChI=1S/C12H20ClN3O/c1-4-15(8-6-7-13)12(17)11-9-10(3)14-16(11)5-2/h9H,4-8H2,1-3H3. The molecule has 0 radical (unpaired) electrons. The molecule has 1 amide bonds. The summed E-state index contributed by atoms with van der Waals surface area (Å²) in [5.41, 5.74) is 1.55. The molecule has 0 aromatic carbocycles. The quantitative estimate of drug-likeness (QED) is 0.734. The predicted molar refractivity (Wildman–Crippen MR) is 69.6 cm³/mol. The minimum Gasteiger partial charge on any atom is -0.338 e. The Labute approximate surface area is 108 Å². The molecule has 1 aromatic heterocycles. The average molecular weight is 258 g/mol. The van der Waals surface area contributed by atoms with E-state index in [2.05, 4.69) is 5.10 Å². The van der Waals surface area contributed by atoms with Crippen molar-refractivity contribution in [3.05, 3.63) is 17.5 Å². The summed E-state index contributed by atoms with van der Waals surface area (Å²) in [5, 5.41) is 4.29. The number of hydrogen-bond donors (Lipinski definition) is 0. The second-order valence-electron chi connectivity index (χ2n) is 3.91. The van der Waals surface area contributed by atoms with Crippen molar-refractivity contribution in [1.29, 1.82) is 0 Å². The van der Waals surface area contributed by atoms with Crippen LogP contribution in [0.2, 0.25) is 0 Å². The van der Waals surface area contributed by atoms with Crippen molar-refractivity contribution in [3.63, 3.8) is 0 Å². The first-order valence-electron chi connectivity index (χ1n) is 6.03. The molecule has 1 aromatic rings. The van der Waals surface area contributed by atoms with Gasteiger partial charge in [0.1, 0.15) is 5.69 Å². The first-order chi connectivity index (χ1) is 8.13. The third kappa shape index (κ3) is 3.46. The lowest BCUT2D eigenvalue weighted by atomic mass is 10.3. The first kappa shape index (κ1) is 14.0. The summed E-state index contributed by atoms with van der Waals surface area (Å²) in [6.45, 7) is 7.97. The van der Waals surface area contributed by atoms with E-state index in [4.69, 9.17) is 11.6 Å². The zero-order valence-corrected chi connectivity index (χ0v) is 11.5. The summed E-state index contributed by atoms with van der Waals surface area (Å²) in [5.74, 6) is 0.621. The van der Waals surface area contributed by atoms with Gasteiger partial charge in [-0.2, -0.15) is 5.10 Å².